The number of hydrogen-bond acceptors (Lipinski definition) is 0. The third kappa shape index (κ3) is 6.21. The van der Waals surface area contributed by atoms with Crippen LogP contribution in [0.5, 0.6) is 0 Å². The van der Waals surface area contributed by atoms with E-state index in [0.29, 0.717) is 0 Å². The number of aryl methyl sites for hydroxylation is 6. The van der Waals surface area contributed by atoms with Crippen molar-refractivity contribution in [1.29, 1.82) is 0 Å². The predicted octanol–water partition coefficient (Wildman–Crippen LogP) is 8.72. The van der Waals surface area contributed by atoms with Gasteiger partial charge in [-0.1, -0.05) is 156 Å². The van der Waals surface area contributed by atoms with Crippen LogP contribution in [0.4, 0.5) is 0 Å². The fraction of sp³-hybridized carbons (Fsp3) is 0.143. The molecule has 0 spiro atoms. The Balaban J connectivity index is 1.67. The quantitative estimate of drug-likeness (QED) is 0.160. The maximum absolute atomic E-state index is 2.40. The van der Waals surface area contributed by atoms with Gasteiger partial charge in [0.1, 0.15) is 0 Å². The van der Waals surface area contributed by atoms with Gasteiger partial charge in [0.15, 0.2) is 0 Å². The Labute approximate surface area is 266 Å². The average Bonchev–Trinajstić information content (AvgIpc) is 2.99. The molecule has 0 aliphatic heterocycles. The van der Waals surface area contributed by atoms with E-state index in [2.05, 4.69) is 175 Å². The molecule has 0 N–H and O–H groups in total. The van der Waals surface area contributed by atoms with Crippen LogP contribution in [0.15, 0.2) is 133 Å². The van der Waals surface area contributed by atoms with E-state index in [9.17, 15) is 0 Å². The Bertz CT molecular complexity index is 1720. The first kappa shape index (κ1) is 30.2. The monoisotopic (exact) mass is 606 g/mol. The summed E-state index contributed by atoms with van der Waals surface area (Å²) in [6, 6.07) is 50.6. The van der Waals surface area contributed by atoms with Crippen LogP contribution >= 0.6 is 15.8 Å². The molecule has 2 heteroatoms. The van der Waals surface area contributed by atoms with E-state index in [4.69, 9.17) is 0 Å². The predicted molar refractivity (Wildman–Crippen MR) is 198 cm³/mol. The van der Waals surface area contributed by atoms with Gasteiger partial charge in [-0.15, -0.1) is 0 Å². The molecule has 0 unspecified atom stereocenters. The van der Waals surface area contributed by atoms with E-state index in [-0.39, 0.29) is 0 Å². The molecule has 0 aliphatic carbocycles. The SMILES string of the molecule is Cc1cccc(P(c2cccc(C)c2)c2cccc(C)c2-c2c(C)cccc2P(c2cccc(C)c2)c2cccc(C)c2)c1. The third-order valence-corrected chi connectivity index (χ3v) is 13.2. The van der Waals surface area contributed by atoms with E-state index >= 15 is 0 Å². The molecule has 218 valence electrons. The molecule has 0 amide bonds. The van der Waals surface area contributed by atoms with Crippen LogP contribution < -0.4 is 31.8 Å². The van der Waals surface area contributed by atoms with E-state index in [1.807, 2.05) is 0 Å². The summed E-state index contributed by atoms with van der Waals surface area (Å²) in [4.78, 5) is 0. The summed E-state index contributed by atoms with van der Waals surface area (Å²) >= 11 is 0. The molecule has 0 nitrogen and oxygen atoms in total. The van der Waals surface area contributed by atoms with Gasteiger partial charge in [-0.3, -0.25) is 0 Å². The highest BCUT2D eigenvalue weighted by molar-refractivity contribution is 7.80. The molecule has 0 atom stereocenters. The largest absolute Gasteiger partial charge is 0.0613 e. The van der Waals surface area contributed by atoms with Gasteiger partial charge in [0.05, 0.1) is 0 Å². The van der Waals surface area contributed by atoms with Gasteiger partial charge in [-0.25, -0.2) is 0 Å². The highest BCUT2D eigenvalue weighted by Gasteiger charge is 2.27. The second kappa shape index (κ2) is 13.0. The van der Waals surface area contributed by atoms with Crippen LogP contribution in [0.3, 0.4) is 0 Å². The van der Waals surface area contributed by atoms with Crippen molar-refractivity contribution >= 4 is 47.7 Å². The maximum atomic E-state index is 2.40. The lowest BCUT2D eigenvalue weighted by Crippen LogP contribution is -2.27. The van der Waals surface area contributed by atoms with Crippen molar-refractivity contribution in [3.63, 3.8) is 0 Å². The van der Waals surface area contributed by atoms with Gasteiger partial charge in [-0.2, -0.15) is 0 Å². The van der Waals surface area contributed by atoms with Crippen molar-refractivity contribution in [2.75, 3.05) is 0 Å². The lowest BCUT2D eigenvalue weighted by Gasteiger charge is -2.29. The Morgan fingerprint density at radius 3 is 0.864 bits per heavy atom. The van der Waals surface area contributed by atoms with Crippen molar-refractivity contribution < 1.29 is 0 Å². The van der Waals surface area contributed by atoms with Crippen molar-refractivity contribution in [3.05, 3.63) is 167 Å². The first-order valence-electron chi connectivity index (χ1n) is 15.4. The molecule has 0 saturated carbocycles. The second-order valence-corrected chi connectivity index (χ2v) is 16.3. The third-order valence-electron chi connectivity index (χ3n) is 8.27. The normalized spacial score (nSPS) is 11.4. The summed E-state index contributed by atoms with van der Waals surface area (Å²) in [7, 11) is -1.59. The van der Waals surface area contributed by atoms with Crippen LogP contribution in [0.25, 0.3) is 11.1 Å². The first-order valence-corrected chi connectivity index (χ1v) is 18.0. The fourth-order valence-electron chi connectivity index (χ4n) is 6.25. The minimum atomic E-state index is -0.795. The molecule has 0 bridgehead atoms. The Morgan fingerprint density at radius 2 is 0.591 bits per heavy atom. The summed E-state index contributed by atoms with van der Waals surface area (Å²) in [6.07, 6.45) is 0. The first-order chi connectivity index (χ1) is 21.3. The smallest absolute Gasteiger partial charge is 0.00617 e. The van der Waals surface area contributed by atoms with Gasteiger partial charge in [-0.05, 0) is 111 Å². The van der Waals surface area contributed by atoms with Crippen molar-refractivity contribution in [3.8, 4) is 11.1 Å². The number of hydrogen-bond donors (Lipinski definition) is 0. The zero-order chi connectivity index (χ0) is 30.8. The molecule has 6 rings (SSSR count). The molecular weight excluding hydrogens is 566 g/mol. The second-order valence-electron chi connectivity index (χ2n) is 12.0. The van der Waals surface area contributed by atoms with Crippen molar-refractivity contribution in [2.24, 2.45) is 0 Å². The Hall–Kier alpha value is -3.82. The molecule has 0 aromatic heterocycles. The topological polar surface area (TPSA) is 0 Å². The Kier molecular flexibility index (Phi) is 8.96. The van der Waals surface area contributed by atoms with Gasteiger partial charge < -0.3 is 0 Å². The molecule has 44 heavy (non-hydrogen) atoms. The lowest BCUT2D eigenvalue weighted by atomic mass is 9.96. The standard InChI is InChI=1S/C42H40P2/c1-29-13-7-19-35(25-29)43(36-20-8-14-30(2)26-36)39-23-11-17-33(5)41(39)42-34(6)18-12-24-40(42)44(37-21-9-15-31(3)27-37)38-22-10-16-32(4)28-38/h7-28H,1-6H3. The van der Waals surface area contributed by atoms with Gasteiger partial charge >= 0.3 is 0 Å². The van der Waals surface area contributed by atoms with Crippen LogP contribution in [0.2, 0.25) is 0 Å². The minimum absolute atomic E-state index is 0.795. The van der Waals surface area contributed by atoms with Gasteiger partial charge in [0.25, 0.3) is 0 Å². The van der Waals surface area contributed by atoms with Crippen LogP contribution in [0.1, 0.15) is 33.4 Å². The van der Waals surface area contributed by atoms with E-state index < -0.39 is 15.8 Å². The van der Waals surface area contributed by atoms with E-state index in [1.54, 1.807) is 0 Å². The summed E-state index contributed by atoms with van der Waals surface area (Å²) in [5.74, 6) is 0. The molecule has 0 fully saturated rings. The van der Waals surface area contributed by atoms with Crippen LogP contribution in [-0.4, -0.2) is 0 Å². The van der Waals surface area contributed by atoms with Crippen molar-refractivity contribution in [2.45, 2.75) is 41.5 Å². The van der Waals surface area contributed by atoms with E-state index in [0.717, 1.165) is 0 Å². The average molecular weight is 607 g/mol. The van der Waals surface area contributed by atoms with Crippen LogP contribution in [-0.2, 0) is 0 Å². The van der Waals surface area contributed by atoms with Gasteiger partial charge in [0, 0.05) is 0 Å². The highest BCUT2D eigenvalue weighted by Crippen LogP contribution is 2.43. The molecule has 0 saturated heterocycles. The fourth-order valence-corrected chi connectivity index (χ4v) is 11.7. The lowest BCUT2D eigenvalue weighted by molar-refractivity contribution is 1.43. The molecule has 0 heterocycles. The minimum Gasteiger partial charge on any atom is -0.0613 e. The molecular formula is C42H40P2. The maximum Gasteiger partial charge on any atom is -0.00617 e. The molecule has 6 aromatic rings. The summed E-state index contributed by atoms with van der Waals surface area (Å²) in [5.41, 5.74) is 10.6. The van der Waals surface area contributed by atoms with E-state index in [1.165, 1.54) is 76.3 Å². The molecule has 0 radical (unpaired) electrons. The summed E-state index contributed by atoms with van der Waals surface area (Å²) < 4.78 is 0. The van der Waals surface area contributed by atoms with Crippen molar-refractivity contribution in [1.82, 2.24) is 0 Å². The molecule has 0 aliphatic rings. The Morgan fingerprint density at radius 1 is 0.318 bits per heavy atom. The molecule has 6 aromatic carbocycles. The zero-order valence-corrected chi connectivity index (χ0v) is 28.4. The summed E-state index contributed by atoms with van der Waals surface area (Å²) in [6.45, 7) is 13.4. The van der Waals surface area contributed by atoms with Gasteiger partial charge in [0.2, 0.25) is 0 Å². The van der Waals surface area contributed by atoms with Crippen LogP contribution in [0, 0.1) is 41.5 Å². The zero-order valence-electron chi connectivity index (χ0n) is 26.6. The number of rotatable bonds is 7. The number of benzene rings is 6. The summed E-state index contributed by atoms with van der Waals surface area (Å²) in [5, 5.41) is 8.43. The highest BCUT2D eigenvalue weighted by atomic mass is 31.1.